The van der Waals surface area contributed by atoms with Crippen LogP contribution in [0.25, 0.3) is 0 Å². The number of halogens is 1. The van der Waals surface area contributed by atoms with Crippen LogP contribution in [0.2, 0.25) is 0 Å². The van der Waals surface area contributed by atoms with E-state index in [0.717, 1.165) is 32.0 Å². The van der Waals surface area contributed by atoms with E-state index in [1.54, 1.807) is 0 Å². The summed E-state index contributed by atoms with van der Waals surface area (Å²) < 4.78 is 1.83. The van der Waals surface area contributed by atoms with Crippen LogP contribution in [0.3, 0.4) is 0 Å². The zero-order valence-electron chi connectivity index (χ0n) is 15.6. The molecule has 0 saturated carbocycles. The van der Waals surface area contributed by atoms with Gasteiger partial charge in [0.15, 0.2) is 5.96 Å². The van der Waals surface area contributed by atoms with Crippen LogP contribution >= 0.6 is 24.0 Å². The molecule has 2 aromatic rings. The lowest BCUT2D eigenvalue weighted by Gasteiger charge is -2.23. The van der Waals surface area contributed by atoms with Crippen molar-refractivity contribution in [2.45, 2.75) is 32.6 Å². The maximum absolute atomic E-state index is 4.77. The number of aryl methyl sites for hydroxylation is 1. The molecule has 2 N–H and O–H groups in total. The van der Waals surface area contributed by atoms with Gasteiger partial charge < -0.3 is 10.6 Å². The summed E-state index contributed by atoms with van der Waals surface area (Å²) >= 11 is 0. The lowest BCUT2D eigenvalue weighted by Crippen LogP contribution is -2.39. The van der Waals surface area contributed by atoms with Crippen LogP contribution in [0.4, 0.5) is 0 Å². The fourth-order valence-electron chi connectivity index (χ4n) is 2.53. The Morgan fingerprint density at radius 3 is 2.52 bits per heavy atom. The first-order valence-corrected chi connectivity index (χ1v) is 8.56. The van der Waals surface area contributed by atoms with Crippen LogP contribution in [-0.4, -0.2) is 35.4 Å². The molecule has 0 aliphatic carbocycles. The van der Waals surface area contributed by atoms with Gasteiger partial charge in [0.25, 0.3) is 0 Å². The van der Waals surface area contributed by atoms with Crippen LogP contribution in [0.15, 0.2) is 47.7 Å². The molecule has 138 valence electrons. The number of benzene rings is 1. The van der Waals surface area contributed by atoms with Crippen molar-refractivity contribution in [3.8, 4) is 0 Å². The fraction of sp³-hybridized carbons (Fsp3) is 0.474. The van der Waals surface area contributed by atoms with E-state index in [0.29, 0.717) is 0 Å². The predicted octanol–water partition coefficient (Wildman–Crippen LogP) is 3.11. The number of nitrogens with zero attached hydrogens (tertiary/aromatic N) is 3. The lowest BCUT2D eigenvalue weighted by atomic mass is 9.85. The predicted molar refractivity (Wildman–Crippen MR) is 116 cm³/mol. The van der Waals surface area contributed by atoms with E-state index in [2.05, 4.69) is 60.8 Å². The summed E-state index contributed by atoms with van der Waals surface area (Å²) in [6, 6.07) is 10.5. The first-order chi connectivity index (χ1) is 11.5. The molecule has 0 unspecified atom stereocenters. The van der Waals surface area contributed by atoms with Gasteiger partial charge in [-0.3, -0.25) is 9.67 Å². The van der Waals surface area contributed by atoms with Gasteiger partial charge in [-0.1, -0.05) is 44.2 Å². The van der Waals surface area contributed by atoms with Crippen molar-refractivity contribution in [3.05, 3.63) is 53.9 Å². The maximum Gasteiger partial charge on any atom is 0.191 e. The van der Waals surface area contributed by atoms with Crippen molar-refractivity contribution >= 4 is 29.9 Å². The Morgan fingerprint density at radius 2 is 1.92 bits per heavy atom. The second kappa shape index (κ2) is 10.4. The molecule has 0 spiro atoms. The zero-order valence-corrected chi connectivity index (χ0v) is 18.0. The van der Waals surface area contributed by atoms with E-state index in [1.165, 1.54) is 11.1 Å². The van der Waals surface area contributed by atoms with Gasteiger partial charge in [-0.2, -0.15) is 5.10 Å². The van der Waals surface area contributed by atoms with E-state index in [1.807, 2.05) is 30.2 Å². The number of aliphatic imine (C=N–C) groups is 1. The molecular formula is C19H30IN5. The Hall–Kier alpha value is -1.57. The minimum Gasteiger partial charge on any atom is -0.357 e. The molecule has 1 aromatic carbocycles. The highest BCUT2D eigenvalue weighted by Gasteiger charge is 2.19. The Bertz CT molecular complexity index is 649. The minimum absolute atomic E-state index is 0. The summed E-state index contributed by atoms with van der Waals surface area (Å²) in [5.41, 5.74) is 2.54. The smallest absolute Gasteiger partial charge is 0.191 e. The van der Waals surface area contributed by atoms with Crippen molar-refractivity contribution in [1.29, 1.82) is 0 Å². The summed E-state index contributed by atoms with van der Waals surface area (Å²) in [6.07, 6.45) is 4.88. The minimum atomic E-state index is 0. The summed E-state index contributed by atoms with van der Waals surface area (Å²) in [7, 11) is 1.94. The fourth-order valence-corrected chi connectivity index (χ4v) is 2.53. The van der Waals surface area contributed by atoms with Crippen LogP contribution in [-0.2, 0) is 18.9 Å². The summed E-state index contributed by atoms with van der Waals surface area (Å²) in [4.78, 5) is 4.77. The monoisotopic (exact) mass is 455 g/mol. The SMILES string of the molecule is CCNC(=NCC(C)(C)c1ccccc1)NCCc1cnn(C)c1.I. The summed E-state index contributed by atoms with van der Waals surface area (Å²) in [5.74, 6) is 0.866. The highest BCUT2D eigenvalue weighted by molar-refractivity contribution is 14.0. The Balaban J connectivity index is 0.00000312. The highest BCUT2D eigenvalue weighted by atomic mass is 127. The Morgan fingerprint density at radius 1 is 1.20 bits per heavy atom. The maximum atomic E-state index is 4.77. The van der Waals surface area contributed by atoms with Crippen LogP contribution in [0.5, 0.6) is 0 Å². The Labute approximate surface area is 168 Å². The third-order valence-electron chi connectivity index (χ3n) is 4.00. The van der Waals surface area contributed by atoms with Gasteiger partial charge in [-0.15, -0.1) is 24.0 Å². The molecule has 0 radical (unpaired) electrons. The quantitative estimate of drug-likeness (QED) is 0.383. The van der Waals surface area contributed by atoms with E-state index in [-0.39, 0.29) is 29.4 Å². The molecule has 0 atom stereocenters. The zero-order chi connectivity index (χ0) is 17.4. The van der Waals surface area contributed by atoms with E-state index in [9.17, 15) is 0 Å². The largest absolute Gasteiger partial charge is 0.357 e. The molecule has 1 heterocycles. The molecule has 0 saturated heterocycles. The molecule has 0 aliphatic rings. The van der Waals surface area contributed by atoms with Gasteiger partial charge in [0, 0.05) is 31.7 Å². The van der Waals surface area contributed by atoms with Crippen molar-refractivity contribution in [2.24, 2.45) is 12.0 Å². The van der Waals surface area contributed by atoms with Gasteiger partial charge in [-0.25, -0.2) is 0 Å². The van der Waals surface area contributed by atoms with Gasteiger partial charge in [0.1, 0.15) is 0 Å². The van der Waals surface area contributed by atoms with Crippen LogP contribution in [0.1, 0.15) is 31.9 Å². The van der Waals surface area contributed by atoms with Gasteiger partial charge in [0.2, 0.25) is 0 Å². The number of nitrogens with one attached hydrogen (secondary N) is 2. The van der Waals surface area contributed by atoms with Crippen LogP contribution < -0.4 is 10.6 Å². The Kier molecular flexibility index (Phi) is 8.96. The molecule has 0 bridgehead atoms. The molecule has 0 fully saturated rings. The average molecular weight is 455 g/mol. The van der Waals surface area contributed by atoms with Crippen LogP contribution in [0, 0.1) is 0 Å². The molecule has 2 rings (SSSR count). The first-order valence-electron chi connectivity index (χ1n) is 8.56. The first kappa shape index (κ1) is 21.5. The van der Waals surface area contributed by atoms with Crippen molar-refractivity contribution < 1.29 is 0 Å². The van der Waals surface area contributed by atoms with Gasteiger partial charge in [-0.05, 0) is 24.5 Å². The van der Waals surface area contributed by atoms with E-state index in [4.69, 9.17) is 4.99 Å². The number of hydrogen-bond acceptors (Lipinski definition) is 2. The summed E-state index contributed by atoms with van der Waals surface area (Å²) in [5, 5.41) is 10.9. The molecule has 25 heavy (non-hydrogen) atoms. The topological polar surface area (TPSA) is 54.2 Å². The number of hydrogen-bond donors (Lipinski definition) is 2. The summed E-state index contributed by atoms with van der Waals surface area (Å²) in [6.45, 7) is 8.96. The standard InChI is InChI=1S/C19H29N5.HI/c1-5-20-18(21-12-11-16-13-23-24(4)14-16)22-15-19(2,3)17-9-7-6-8-10-17;/h6-10,13-14H,5,11-12,15H2,1-4H3,(H2,20,21,22);1H. The van der Waals surface area contributed by atoms with Gasteiger partial charge in [0.05, 0.1) is 12.7 Å². The number of guanidine groups is 1. The molecule has 0 amide bonds. The average Bonchev–Trinajstić information content (AvgIpc) is 2.99. The second-order valence-electron chi connectivity index (χ2n) is 6.64. The normalized spacial score (nSPS) is 11.8. The van der Waals surface area contributed by atoms with Gasteiger partial charge >= 0.3 is 0 Å². The molecule has 1 aromatic heterocycles. The molecular weight excluding hydrogens is 425 g/mol. The molecule has 0 aliphatic heterocycles. The lowest BCUT2D eigenvalue weighted by molar-refractivity contribution is 0.537. The molecule has 5 nitrogen and oxygen atoms in total. The van der Waals surface area contributed by atoms with Crippen molar-refractivity contribution in [1.82, 2.24) is 20.4 Å². The van der Waals surface area contributed by atoms with E-state index >= 15 is 0 Å². The van der Waals surface area contributed by atoms with Crippen molar-refractivity contribution in [2.75, 3.05) is 19.6 Å². The molecule has 6 heteroatoms. The number of aromatic nitrogens is 2. The van der Waals surface area contributed by atoms with Crippen molar-refractivity contribution in [3.63, 3.8) is 0 Å². The number of rotatable bonds is 7. The second-order valence-corrected chi connectivity index (χ2v) is 6.64. The third kappa shape index (κ3) is 7.05. The van der Waals surface area contributed by atoms with E-state index < -0.39 is 0 Å². The third-order valence-corrected chi connectivity index (χ3v) is 4.00. The highest BCUT2D eigenvalue weighted by Crippen LogP contribution is 2.22.